The Morgan fingerprint density at radius 2 is 1.30 bits per heavy atom. The zero-order valence-corrected chi connectivity index (χ0v) is 15.4. The fourth-order valence-electron chi connectivity index (χ4n) is 3.72. The summed E-state index contributed by atoms with van der Waals surface area (Å²) in [6.45, 7) is 1.33. The summed E-state index contributed by atoms with van der Waals surface area (Å²) in [4.78, 5) is 27.0. The van der Waals surface area contributed by atoms with Crippen LogP contribution in [0.1, 0.15) is 42.9 Å². The van der Waals surface area contributed by atoms with E-state index in [1.165, 1.54) is 0 Å². The van der Waals surface area contributed by atoms with Crippen molar-refractivity contribution in [2.75, 3.05) is 13.1 Å². The summed E-state index contributed by atoms with van der Waals surface area (Å²) in [5, 5.41) is 0. The van der Waals surface area contributed by atoms with Crippen LogP contribution in [0, 0.1) is 11.8 Å². The van der Waals surface area contributed by atoms with E-state index in [0.29, 0.717) is 25.9 Å². The van der Waals surface area contributed by atoms with Crippen LogP contribution < -0.4 is 0 Å². The SMILES string of the molecule is O=C(OC(c1ccccc1)c1ccccc1)C1CCN(C(=O)C2CC2)CC1. The first-order chi connectivity index (χ1) is 13.2. The Hall–Kier alpha value is -2.62. The molecule has 0 aromatic heterocycles. The van der Waals surface area contributed by atoms with E-state index in [-0.39, 0.29) is 23.7 Å². The molecule has 0 bridgehead atoms. The number of hydrogen-bond donors (Lipinski definition) is 0. The number of benzene rings is 2. The van der Waals surface area contributed by atoms with E-state index in [1.54, 1.807) is 0 Å². The highest BCUT2D eigenvalue weighted by atomic mass is 16.5. The van der Waals surface area contributed by atoms with Crippen molar-refractivity contribution in [1.82, 2.24) is 4.90 Å². The molecule has 0 atom stereocenters. The number of carbonyl (C=O) groups excluding carboxylic acids is 2. The van der Waals surface area contributed by atoms with Gasteiger partial charge in [-0.05, 0) is 36.8 Å². The zero-order valence-electron chi connectivity index (χ0n) is 15.4. The van der Waals surface area contributed by atoms with Gasteiger partial charge in [0.05, 0.1) is 5.92 Å². The minimum atomic E-state index is -0.397. The van der Waals surface area contributed by atoms with Gasteiger partial charge < -0.3 is 9.64 Å². The number of carbonyl (C=O) groups is 2. The molecule has 27 heavy (non-hydrogen) atoms. The van der Waals surface area contributed by atoms with Crippen LogP contribution in [-0.2, 0) is 14.3 Å². The standard InChI is InChI=1S/C23H25NO3/c25-22(19-11-12-19)24-15-13-20(14-16-24)23(26)27-21(17-7-3-1-4-8-17)18-9-5-2-6-10-18/h1-10,19-21H,11-16H2. The molecule has 1 amide bonds. The molecule has 0 unspecified atom stereocenters. The smallest absolute Gasteiger partial charge is 0.310 e. The van der Waals surface area contributed by atoms with Crippen LogP contribution in [0.2, 0.25) is 0 Å². The minimum absolute atomic E-state index is 0.136. The lowest BCUT2D eigenvalue weighted by Gasteiger charge is -2.32. The van der Waals surface area contributed by atoms with Gasteiger partial charge in [-0.2, -0.15) is 0 Å². The average Bonchev–Trinajstić information content (AvgIpc) is 3.58. The second-order valence-electron chi connectivity index (χ2n) is 7.51. The van der Waals surface area contributed by atoms with Gasteiger partial charge in [0, 0.05) is 19.0 Å². The van der Waals surface area contributed by atoms with Gasteiger partial charge in [-0.15, -0.1) is 0 Å². The van der Waals surface area contributed by atoms with E-state index in [9.17, 15) is 9.59 Å². The molecular formula is C23H25NO3. The van der Waals surface area contributed by atoms with Crippen molar-refractivity contribution in [3.05, 3.63) is 71.8 Å². The van der Waals surface area contributed by atoms with Crippen molar-refractivity contribution < 1.29 is 14.3 Å². The number of ether oxygens (including phenoxy) is 1. The number of piperidine rings is 1. The largest absolute Gasteiger partial charge is 0.452 e. The van der Waals surface area contributed by atoms with E-state index in [1.807, 2.05) is 65.6 Å². The Balaban J connectivity index is 1.42. The van der Waals surface area contributed by atoms with Crippen LogP contribution in [0.5, 0.6) is 0 Å². The Bertz CT molecular complexity index is 738. The van der Waals surface area contributed by atoms with Gasteiger partial charge in [-0.1, -0.05) is 60.7 Å². The number of amides is 1. The highest BCUT2D eigenvalue weighted by Gasteiger charge is 2.36. The third-order valence-electron chi connectivity index (χ3n) is 5.51. The van der Waals surface area contributed by atoms with Gasteiger partial charge in [-0.3, -0.25) is 9.59 Å². The van der Waals surface area contributed by atoms with E-state index in [4.69, 9.17) is 4.74 Å². The highest BCUT2D eigenvalue weighted by molar-refractivity contribution is 5.81. The Morgan fingerprint density at radius 1 is 0.778 bits per heavy atom. The van der Waals surface area contributed by atoms with E-state index in [0.717, 1.165) is 24.0 Å². The summed E-state index contributed by atoms with van der Waals surface area (Å²) >= 11 is 0. The Kier molecular flexibility index (Phi) is 5.23. The predicted molar refractivity (Wildman–Crippen MR) is 103 cm³/mol. The first-order valence-corrected chi connectivity index (χ1v) is 9.81. The van der Waals surface area contributed by atoms with Crippen molar-refractivity contribution in [1.29, 1.82) is 0 Å². The monoisotopic (exact) mass is 363 g/mol. The highest BCUT2D eigenvalue weighted by Crippen LogP contribution is 2.33. The molecule has 1 saturated heterocycles. The molecule has 4 nitrogen and oxygen atoms in total. The summed E-state index contributed by atoms with van der Waals surface area (Å²) in [7, 11) is 0. The number of hydrogen-bond acceptors (Lipinski definition) is 3. The second-order valence-corrected chi connectivity index (χ2v) is 7.51. The summed E-state index contributed by atoms with van der Waals surface area (Å²) in [5.41, 5.74) is 1.94. The maximum absolute atomic E-state index is 12.9. The predicted octanol–water partition coefficient (Wildman–Crippen LogP) is 3.97. The third-order valence-corrected chi connectivity index (χ3v) is 5.51. The average molecular weight is 363 g/mol. The molecule has 4 rings (SSSR count). The number of esters is 1. The van der Waals surface area contributed by atoms with Crippen LogP contribution in [0.15, 0.2) is 60.7 Å². The van der Waals surface area contributed by atoms with Gasteiger partial charge in [0.15, 0.2) is 6.10 Å². The maximum atomic E-state index is 12.9. The zero-order chi connectivity index (χ0) is 18.6. The van der Waals surface area contributed by atoms with Gasteiger partial charge >= 0.3 is 5.97 Å². The summed E-state index contributed by atoms with van der Waals surface area (Å²) in [6.07, 6.45) is 3.03. The van der Waals surface area contributed by atoms with Crippen LogP contribution in [0.4, 0.5) is 0 Å². The van der Waals surface area contributed by atoms with E-state index in [2.05, 4.69) is 0 Å². The molecule has 1 aliphatic carbocycles. The number of likely N-dealkylation sites (tertiary alicyclic amines) is 1. The first-order valence-electron chi connectivity index (χ1n) is 9.81. The van der Waals surface area contributed by atoms with Crippen molar-refractivity contribution in [2.24, 2.45) is 11.8 Å². The van der Waals surface area contributed by atoms with Crippen molar-refractivity contribution in [3.63, 3.8) is 0 Å². The Morgan fingerprint density at radius 3 is 1.78 bits per heavy atom. The molecule has 140 valence electrons. The fraction of sp³-hybridized carbons (Fsp3) is 0.391. The van der Waals surface area contributed by atoms with Crippen LogP contribution in [0.3, 0.4) is 0 Å². The fourth-order valence-corrected chi connectivity index (χ4v) is 3.72. The lowest BCUT2D eigenvalue weighted by atomic mass is 9.96. The lowest BCUT2D eigenvalue weighted by Crippen LogP contribution is -2.41. The molecule has 0 radical (unpaired) electrons. The van der Waals surface area contributed by atoms with Gasteiger partial charge in [0.1, 0.15) is 0 Å². The molecule has 2 aromatic carbocycles. The molecule has 0 N–H and O–H groups in total. The lowest BCUT2D eigenvalue weighted by molar-refractivity contribution is -0.155. The minimum Gasteiger partial charge on any atom is -0.452 e. The molecule has 2 aliphatic rings. The van der Waals surface area contributed by atoms with Gasteiger partial charge in [0.2, 0.25) is 5.91 Å². The topological polar surface area (TPSA) is 46.6 Å². The molecule has 2 fully saturated rings. The second kappa shape index (κ2) is 7.95. The van der Waals surface area contributed by atoms with Gasteiger partial charge in [-0.25, -0.2) is 0 Å². The summed E-state index contributed by atoms with van der Waals surface area (Å²) < 4.78 is 5.98. The molecule has 2 aromatic rings. The summed E-state index contributed by atoms with van der Waals surface area (Å²) in [6, 6.07) is 19.7. The van der Waals surface area contributed by atoms with E-state index < -0.39 is 6.10 Å². The van der Waals surface area contributed by atoms with Crippen LogP contribution >= 0.6 is 0 Å². The quantitative estimate of drug-likeness (QED) is 0.755. The van der Waals surface area contributed by atoms with Crippen LogP contribution in [-0.4, -0.2) is 29.9 Å². The molecule has 1 heterocycles. The van der Waals surface area contributed by atoms with E-state index >= 15 is 0 Å². The normalized spacial score (nSPS) is 17.7. The third kappa shape index (κ3) is 4.21. The Labute approximate surface area is 160 Å². The van der Waals surface area contributed by atoms with Crippen LogP contribution in [0.25, 0.3) is 0 Å². The molecule has 1 aliphatic heterocycles. The van der Waals surface area contributed by atoms with Gasteiger partial charge in [0.25, 0.3) is 0 Å². The maximum Gasteiger partial charge on any atom is 0.310 e. The van der Waals surface area contributed by atoms with Crippen molar-refractivity contribution in [3.8, 4) is 0 Å². The van der Waals surface area contributed by atoms with Crippen molar-refractivity contribution >= 4 is 11.9 Å². The molecule has 1 saturated carbocycles. The molecular weight excluding hydrogens is 338 g/mol. The molecule has 0 spiro atoms. The first kappa shape index (κ1) is 17.8. The number of rotatable bonds is 5. The summed E-state index contributed by atoms with van der Waals surface area (Å²) in [5.74, 6) is 0.219. The van der Waals surface area contributed by atoms with Crippen molar-refractivity contribution in [2.45, 2.75) is 31.8 Å². The molecule has 4 heteroatoms. The number of nitrogens with zero attached hydrogens (tertiary/aromatic N) is 1.